The Morgan fingerprint density at radius 3 is 2.21 bits per heavy atom. The van der Waals surface area contributed by atoms with E-state index in [1.165, 1.54) is 5.56 Å². The smallest absolute Gasteiger partial charge is 0.408 e. The second kappa shape index (κ2) is 9.51. The van der Waals surface area contributed by atoms with Gasteiger partial charge in [0.15, 0.2) is 5.78 Å². The van der Waals surface area contributed by atoms with Crippen LogP contribution in [0.25, 0.3) is 0 Å². The van der Waals surface area contributed by atoms with E-state index in [0.29, 0.717) is 12.1 Å². The highest BCUT2D eigenvalue weighted by Gasteiger charge is 2.18. The highest BCUT2D eigenvalue weighted by atomic mass is 16.6. The van der Waals surface area contributed by atoms with Crippen molar-refractivity contribution in [3.63, 3.8) is 0 Å². The molecule has 5 heteroatoms. The van der Waals surface area contributed by atoms with Gasteiger partial charge in [0, 0.05) is 12.1 Å². The predicted octanol–water partition coefficient (Wildman–Crippen LogP) is 4.59. The molecule has 28 heavy (non-hydrogen) atoms. The molecular weight excluding hydrogens is 352 g/mol. The molecule has 0 spiro atoms. The van der Waals surface area contributed by atoms with Gasteiger partial charge in [-0.2, -0.15) is 0 Å². The molecule has 150 valence electrons. The van der Waals surface area contributed by atoms with Gasteiger partial charge in [-0.1, -0.05) is 54.6 Å². The fourth-order valence-corrected chi connectivity index (χ4v) is 2.81. The van der Waals surface area contributed by atoms with E-state index in [2.05, 4.69) is 17.4 Å². The van der Waals surface area contributed by atoms with Gasteiger partial charge in [0.25, 0.3) is 0 Å². The van der Waals surface area contributed by atoms with Crippen LogP contribution in [0, 0.1) is 0 Å². The average Bonchev–Trinajstić information content (AvgIpc) is 2.60. The van der Waals surface area contributed by atoms with E-state index in [1.807, 2.05) is 70.0 Å². The minimum Gasteiger partial charge on any atom is -0.444 e. The first kappa shape index (κ1) is 21.6. The lowest BCUT2D eigenvalue weighted by Gasteiger charge is -2.22. The number of carbonyl (C=O) groups excluding carboxylic acids is 2. The molecule has 0 saturated carbocycles. The molecular formula is C23H30N2O3. The van der Waals surface area contributed by atoms with Gasteiger partial charge in [0.2, 0.25) is 0 Å². The molecule has 0 fully saturated rings. The monoisotopic (exact) mass is 382 g/mol. The summed E-state index contributed by atoms with van der Waals surface area (Å²) >= 11 is 0. The van der Waals surface area contributed by atoms with Crippen LogP contribution in [0.2, 0.25) is 0 Å². The SMILES string of the molecule is C[C@H](NC(=O)OC(C)(C)C)c1ccc(C(=O)CN(C)Cc2ccccc2)cc1. The minimum atomic E-state index is -0.536. The number of nitrogens with zero attached hydrogens (tertiary/aromatic N) is 1. The molecule has 0 aliphatic rings. The van der Waals surface area contributed by atoms with E-state index < -0.39 is 11.7 Å². The number of carbonyl (C=O) groups is 2. The molecule has 0 unspecified atom stereocenters. The van der Waals surface area contributed by atoms with E-state index in [1.54, 1.807) is 12.1 Å². The molecule has 2 aromatic carbocycles. The summed E-state index contributed by atoms with van der Waals surface area (Å²) in [5, 5.41) is 2.81. The lowest BCUT2D eigenvalue weighted by molar-refractivity contribution is 0.0507. The number of Topliss-reactive ketones (excluding diaryl/α,β-unsaturated/α-hetero) is 1. The predicted molar refractivity (Wildman–Crippen MR) is 111 cm³/mol. The first-order valence-electron chi connectivity index (χ1n) is 9.49. The highest BCUT2D eigenvalue weighted by Crippen LogP contribution is 2.16. The number of hydrogen-bond acceptors (Lipinski definition) is 4. The fourth-order valence-electron chi connectivity index (χ4n) is 2.81. The van der Waals surface area contributed by atoms with Crippen LogP contribution in [-0.4, -0.2) is 36.0 Å². The largest absolute Gasteiger partial charge is 0.444 e. The number of nitrogens with one attached hydrogen (secondary N) is 1. The second-order valence-electron chi connectivity index (χ2n) is 8.07. The Balaban J connectivity index is 1.90. The number of rotatable bonds is 7. The van der Waals surface area contributed by atoms with Gasteiger partial charge in [-0.3, -0.25) is 9.69 Å². The zero-order valence-corrected chi connectivity index (χ0v) is 17.4. The molecule has 2 aromatic rings. The van der Waals surface area contributed by atoms with Crippen LogP contribution >= 0.6 is 0 Å². The number of ether oxygens (including phenoxy) is 1. The fraction of sp³-hybridized carbons (Fsp3) is 0.391. The van der Waals surface area contributed by atoms with Crippen LogP contribution in [0.1, 0.15) is 55.2 Å². The van der Waals surface area contributed by atoms with E-state index in [-0.39, 0.29) is 11.8 Å². The maximum atomic E-state index is 12.5. The van der Waals surface area contributed by atoms with Crippen LogP contribution < -0.4 is 5.32 Å². The molecule has 1 N–H and O–H groups in total. The van der Waals surface area contributed by atoms with Crippen molar-refractivity contribution in [3.8, 4) is 0 Å². The zero-order chi connectivity index (χ0) is 20.7. The van der Waals surface area contributed by atoms with E-state index >= 15 is 0 Å². The van der Waals surface area contributed by atoms with Gasteiger partial charge in [-0.05, 0) is 45.9 Å². The summed E-state index contributed by atoms with van der Waals surface area (Å²) in [6.07, 6.45) is -0.456. The molecule has 1 amide bonds. The summed E-state index contributed by atoms with van der Waals surface area (Å²) < 4.78 is 5.27. The van der Waals surface area contributed by atoms with Crippen molar-refractivity contribution in [2.45, 2.75) is 45.9 Å². The normalized spacial score (nSPS) is 12.5. The zero-order valence-electron chi connectivity index (χ0n) is 17.4. The van der Waals surface area contributed by atoms with Gasteiger partial charge in [0.1, 0.15) is 5.60 Å². The lowest BCUT2D eigenvalue weighted by atomic mass is 10.0. The average molecular weight is 383 g/mol. The third-order valence-electron chi connectivity index (χ3n) is 4.17. The Kier molecular flexibility index (Phi) is 7.35. The highest BCUT2D eigenvalue weighted by molar-refractivity contribution is 5.97. The van der Waals surface area contributed by atoms with Crippen LogP contribution in [0.3, 0.4) is 0 Å². The van der Waals surface area contributed by atoms with Crippen molar-refractivity contribution in [3.05, 3.63) is 71.3 Å². The summed E-state index contributed by atoms with van der Waals surface area (Å²) in [5.41, 5.74) is 2.22. The standard InChI is InChI=1S/C23H30N2O3/c1-17(24-22(27)28-23(2,3)4)19-11-13-20(14-12-19)21(26)16-25(5)15-18-9-7-6-8-10-18/h6-14,17H,15-16H2,1-5H3,(H,24,27)/t17-/m0/s1. The van der Waals surface area contributed by atoms with Crippen LogP contribution in [0.4, 0.5) is 4.79 Å². The molecule has 5 nitrogen and oxygen atoms in total. The maximum absolute atomic E-state index is 12.5. The first-order valence-corrected chi connectivity index (χ1v) is 9.49. The quantitative estimate of drug-likeness (QED) is 0.712. The summed E-state index contributed by atoms with van der Waals surface area (Å²) in [6.45, 7) is 8.43. The van der Waals surface area contributed by atoms with Gasteiger partial charge in [-0.25, -0.2) is 4.79 Å². The van der Waals surface area contributed by atoms with Crippen molar-refractivity contribution < 1.29 is 14.3 Å². The van der Waals surface area contributed by atoms with E-state index in [4.69, 9.17) is 4.74 Å². The summed E-state index contributed by atoms with van der Waals surface area (Å²) in [6, 6.07) is 17.2. The Morgan fingerprint density at radius 2 is 1.64 bits per heavy atom. The van der Waals surface area contributed by atoms with Crippen molar-refractivity contribution in [1.29, 1.82) is 0 Å². The van der Waals surface area contributed by atoms with Crippen LogP contribution in [0.5, 0.6) is 0 Å². The third-order valence-corrected chi connectivity index (χ3v) is 4.17. The van der Waals surface area contributed by atoms with Crippen molar-refractivity contribution in [2.24, 2.45) is 0 Å². The Bertz CT molecular complexity index is 780. The Morgan fingerprint density at radius 1 is 1.04 bits per heavy atom. The topological polar surface area (TPSA) is 58.6 Å². The first-order chi connectivity index (χ1) is 13.1. The van der Waals surface area contributed by atoms with E-state index in [0.717, 1.165) is 12.1 Å². The third kappa shape index (κ3) is 7.16. The van der Waals surface area contributed by atoms with Crippen LogP contribution in [0.15, 0.2) is 54.6 Å². The van der Waals surface area contributed by atoms with Crippen LogP contribution in [-0.2, 0) is 11.3 Å². The number of hydrogen-bond donors (Lipinski definition) is 1. The van der Waals surface area contributed by atoms with Crippen molar-refractivity contribution in [1.82, 2.24) is 10.2 Å². The molecule has 0 aromatic heterocycles. The van der Waals surface area contributed by atoms with Crippen molar-refractivity contribution >= 4 is 11.9 Å². The molecule has 0 bridgehead atoms. The number of benzene rings is 2. The number of alkyl carbamates (subject to hydrolysis) is 1. The molecule has 0 aliphatic carbocycles. The molecule has 0 saturated heterocycles. The second-order valence-corrected chi connectivity index (χ2v) is 8.07. The lowest BCUT2D eigenvalue weighted by Crippen LogP contribution is -2.34. The Hall–Kier alpha value is -2.66. The summed E-state index contributed by atoms with van der Waals surface area (Å²) in [7, 11) is 1.94. The van der Waals surface area contributed by atoms with Gasteiger partial charge in [0.05, 0.1) is 12.6 Å². The summed E-state index contributed by atoms with van der Waals surface area (Å²) in [5.74, 6) is 0.0673. The maximum Gasteiger partial charge on any atom is 0.408 e. The molecule has 2 rings (SSSR count). The molecule has 1 atom stereocenters. The minimum absolute atomic E-state index is 0.0673. The van der Waals surface area contributed by atoms with Gasteiger partial charge >= 0.3 is 6.09 Å². The van der Waals surface area contributed by atoms with Gasteiger partial charge in [-0.15, -0.1) is 0 Å². The van der Waals surface area contributed by atoms with E-state index in [9.17, 15) is 9.59 Å². The molecule has 0 aliphatic heterocycles. The van der Waals surface area contributed by atoms with Crippen molar-refractivity contribution in [2.75, 3.05) is 13.6 Å². The number of ketones is 1. The summed E-state index contributed by atoms with van der Waals surface area (Å²) in [4.78, 5) is 26.4. The molecule has 0 heterocycles. The Labute approximate surface area is 167 Å². The number of likely N-dealkylation sites (N-methyl/N-ethyl adjacent to an activating group) is 1. The number of amides is 1. The molecule has 0 radical (unpaired) electrons. The van der Waals surface area contributed by atoms with Gasteiger partial charge < -0.3 is 10.1 Å².